The minimum atomic E-state index is -1.02. The first-order chi connectivity index (χ1) is 8.85. The molecule has 0 rings (SSSR count). The first-order valence-corrected chi connectivity index (χ1v) is 5.50. The van der Waals surface area contributed by atoms with Crippen molar-refractivity contribution in [3.05, 3.63) is 50.1 Å². The molecule has 0 radical (unpaired) electrons. The monoisotopic (exact) mass is 270 g/mol. The first-order valence-electron chi connectivity index (χ1n) is 5.50. The van der Waals surface area contributed by atoms with E-state index >= 15 is 0 Å². The van der Waals surface area contributed by atoms with E-state index < -0.39 is 18.0 Å². The van der Waals surface area contributed by atoms with Gasteiger partial charge in [-0.1, -0.05) is 44.4 Å². The smallest absolute Gasteiger partial charge is 0.327 e. The lowest BCUT2D eigenvalue weighted by atomic mass is 10.2. The number of aliphatic hydroxyl groups is 1. The fourth-order valence-corrected chi connectivity index (χ4v) is 0.481. The molecule has 0 fully saturated rings. The van der Waals surface area contributed by atoms with Crippen LogP contribution in [0.3, 0.4) is 0 Å². The average molecular weight is 270 g/mol. The van der Waals surface area contributed by atoms with E-state index in [0.717, 1.165) is 12.5 Å². The van der Waals surface area contributed by atoms with Gasteiger partial charge < -0.3 is 15.3 Å². The van der Waals surface area contributed by atoms with Gasteiger partial charge in [-0.05, 0) is 6.42 Å². The van der Waals surface area contributed by atoms with E-state index in [4.69, 9.17) is 15.3 Å². The Hall–Kier alpha value is -2.14. The van der Waals surface area contributed by atoms with Gasteiger partial charge in [0.15, 0.2) is 0 Å². The molecule has 0 saturated heterocycles. The number of hydrogen-bond donors (Lipinski definition) is 3. The molecule has 0 heterocycles. The highest BCUT2D eigenvalue weighted by Gasteiger charge is 2.02. The van der Waals surface area contributed by atoms with E-state index in [-0.39, 0.29) is 6.42 Å². The summed E-state index contributed by atoms with van der Waals surface area (Å²) < 4.78 is 0. The van der Waals surface area contributed by atoms with Gasteiger partial charge >= 0.3 is 11.9 Å². The van der Waals surface area contributed by atoms with Crippen molar-refractivity contribution in [2.45, 2.75) is 25.9 Å². The number of carbonyl (C=O) groups is 2. The van der Waals surface area contributed by atoms with Gasteiger partial charge in [-0.15, -0.1) is 6.58 Å². The van der Waals surface area contributed by atoms with Gasteiger partial charge in [0.1, 0.15) is 0 Å². The molecule has 0 aliphatic rings. The summed E-state index contributed by atoms with van der Waals surface area (Å²) >= 11 is 0. The van der Waals surface area contributed by atoms with Crippen molar-refractivity contribution in [1.29, 1.82) is 0 Å². The Morgan fingerprint density at radius 1 is 1.16 bits per heavy atom. The molecule has 19 heavy (non-hydrogen) atoms. The van der Waals surface area contributed by atoms with E-state index in [0.29, 0.717) is 0 Å². The van der Waals surface area contributed by atoms with Crippen LogP contribution in [0, 0.1) is 0 Å². The number of hydrogen-bond acceptors (Lipinski definition) is 3. The number of rotatable bonds is 6. The van der Waals surface area contributed by atoms with Crippen molar-refractivity contribution in [1.82, 2.24) is 0 Å². The van der Waals surface area contributed by atoms with Crippen molar-refractivity contribution in [3.63, 3.8) is 0 Å². The number of allylic oxidation sites excluding steroid dienone is 3. The highest BCUT2D eigenvalue weighted by atomic mass is 16.4. The zero-order valence-corrected chi connectivity index (χ0v) is 11.2. The highest BCUT2D eigenvalue weighted by Crippen LogP contribution is 1.89. The summed E-state index contributed by atoms with van der Waals surface area (Å²) in [5.74, 6) is -1.89. The molecule has 0 aliphatic heterocycles. The molecule has 0 aromatic rings. The molecule has 0 saturated carbocycles. The van der Waals surface area contributed by atoms with Crippen LogP contribution in [0.5, 0.6) is 0 Å². The fourth-order valence-electron chi connectivity index (χ4n) is 0.481. The average Bonchev–Trinajstić information content (AvgIpc) is 2.36. The number of carboxylic acid groups (broad SMARTS) is 2. The lowest BCUT2D eigenvalue weighted by molar-refractivity contribution is -0.138. The maximum Gasteiger partial charge on any atom is 0.327 e. The van der Waals surface area contributed by atoms with Gasteiger partial charge in [-0.2, -0.15) is 0 Å². The molecule has 0 amide bonds. The highest BCUT2D eigenvalue weighted by molar-refractivity contribution is 5.79. The SMILES string of the molecule is C=CC(O)CC(=O)O.C=CC=C.CCC=CC(=O)O. The predicted molar refractivity (Wildman–Crippen MR) is 75.9 cm³/mol. The van der Waals surface area contributed by atoms with Crippen molar-refractivity contribution < 1.29 is 24.9 Å². The van der Waals surface area contributed by atoms with Gasteiger partial charge in [-0.25, -0.2) is 4.79 Å². The predicted octanol–water partition coefficient (Wildman–Crippen LogP) is 2.40. The van der Waals surface area contributed by atoms with Crippen LogP contribution in [0.1, 0.15) is 19.8 Å². The van der Waals surface area contributed by atoms with Gasteiger partial charge in [-0.3, -0.25) is 4.79 Å². The Morgan fingerprint density at radius 3 is 1.74 bits per heavy atom. The largest absolute Gasteiger partial charge is 0.481 e. The summed E-state index contributed by atoms with van der Waals surface area (Å²) in [4.78, 5) is 19.4. The third kappa shape index (κ3) is 38.8. The first kappa shape index (κ1) is 22.1. The number of aliphatic hydroxyl groups excluding tert-OH is 1. The maximum atomic E-state index is 9.76. The molecule has 5 nitrogen and oxygen atoms in total. The van der Waals surface area contributed by atoms with Crippen LogP contribution < -0.4 is 0 Å². The molecule has 0 aromatic carbocycles. The van der Waals surface area contributed by atoms with Gasteiger partial charge in [0.05, 0.1) is 12.5 Å². The molecule has 3 N–H and O–H groups in total. The van der Waals surface area contributed by atoms with E-state index in [9.17, 15) is 9.59 Å². The lowest BCUT2D eigenvalue weighted by Crippen LogP contribution is -2.08. The Kier molecular flexibility index (Phi) is 21.2. The number of carboxylic acids is 2. The van der Waals surface area contributed by atoms with Crippen molar-refractivity contribution in [3.8, 4) is 0 Å². The van der Waals surface area contributed by atoms with E-state index in [1.54, 1.807) is 18.2 Å². The Balaban J connectivity index is -0.000000214. The van der Waals surface area contributed by atoms with Crippen LogP contribution in [0.4, 0.5) is 0 Å². The third-order valence-electron chi connectivity index (χ3n) is 1.32. The second-order valence-corrected chi connectivity index (χ2v) is 3.02. The van der Waals surface area contributed by atoms with E-state index in [1.807, 2.05) is 6.92 Å². The Labute approximate surface area is 113 Å². The summed E-state index contributed by atoms with van der Waals surface area (Å²) in [7, 11) is 0. The topological polar surface area (TPSA) is 94.8 Å². The maximum absolute atomic E-state index is 9.76. The quantitative estimate of drug-likeness (QED) is 0.391. The fraction of sp³-hybridized carbons (Fsp3) is 0.286. The third-order valence-corrected chi connectivity index (χ3v) is 1.32. The standard InChI is InChI=1S/C5H8O3.C5H8O2.C4H6/c1-2-4(6)3-5(7)8;1-2-3-4-5(6)7;1-3-4-2/h2,4,6H,1,3H2,(H,7,8);3-4H,2H2,1H3,(H,6,7);3-4H,1-2H2. The lowest BCUT2D eigenvalue weighted by Gasteiger charge is -1.96. The normalized spacial score (nSPS) is 10.0. The van der Waals surface area contributed by atoms with Crippen molar-refractivity contribution >= 4 is 11.9 Å². The minimum absolute atomic E-state index is 0.260. The molecule has 1 unspecified atom stereocenters. The molecular weight excluding hydrogens is 248 g/mol. The van der Waals surface area contributed by atoms with E-state index in [2.05, 4.69) is 19.7 Å². The summed E-state index contributed by atoms with van der Waals surface area (Å²) in [6.45, 7) is 11.8. The summed E-state index contributed by atoms with van der Waals surface area (Å²) in [6.07, 6.45) is 6.82. The molecule has 1 atom stereocenters. The minimum Gasteiger partial charge on any atom is -0.481 e. The van der Waals surface area contributed by atoms with Crippen LogP contribution in [0.15, 0.2) is 50.1 Å². The molecule has 0 aliphatic carbocycles. The van der Waals surface area contributed by atoms with Gasteiger partial charge in [0.25, 0.3) is 0 Å². The molecular formula is C14H22O5. The Bertz CT molecular complexity index is 299. The molecule has 0 spiro atoms. The summed E-state index contributed by atoms with van der Waals surface area (Å²) in [6, 6.07) is 0. The molecule has 0 aromatic heterocycles. The van der Waals surface area contributed by atoms with Crippen LogP contribution in [-0.2, 0) is 9.59 Å². The van der Waals surface area contributed by atoms with Crippen LogP contribution >= 0.6 is 0 Å². The zero-order valence-electron chi connectivity index (χ0n) is 11.2. The van der Waals surface area contributed by atoms with Crippen LogP contribution in [0.2, 0.25) is 0 Å². The van der Waals surface area contributed by atoms with Crippen molar-refractivity contribution in [2.75, 3.05) is 0 Å². The van der Waals surface area contributed by atoms with Crippen LogP contribution in [-0.4, -0.2) is 33.4 Å². The Morgan fingerprint density at radius 2 is 1.63 bits per heavy atom. The van der Waals surface area contributed by atoms with E-state index in [1.165, 1.54) is 6.08 Å². The summed E-state index contributed by atoms with van der Waals surface area (Å²) in [5.41, 5.74) is 0. The van der Waals surface area contributed by atoms with Gasteiger partial charge in [0, 0.05) is 6.08 Å². The van der Waals surface area contributed by atoms with Gasteiger partial charge in [0.2, 0.25) is 0 Å². The second-order valence-electron chi connectivity index (χ2n) is 3.02. The number of aliphatic carboxylic acids is 2. The molecule has 5 heteroatoms. The summed E-state index contributed by atoms with van der Waals surface area (Å²) in [5, 5.41) is 24.5. The molecule has 108 valence electrons. The second kappa shape index (κ2) is 18.2. The van der Waals surface area contributed by atoms with Crippen molar-refractivity contribution in [2.24, 2.45) is 0 Å². The zero-order chi connectivity index (χ0) is 15.7. The molecule has 0 bridgehead atoms. The van der Waals surface area contributed by atoms with Crippen LogP contribution in [0.25, 0.3) is 0 Å².